The van der Waals surface area contributed by atoms with Crippen LogP contribution in [0.4, 0.5) is 4.79 Å². The number of methoxy groups -OCH3 is 1. The Kier molecular flexibility index (Phi) is 8.24. The lowest BCUT2D eigenvalue weighted by molar-refractivity contribution is -0.144. The van der Waals surface area contributed by atoms with E-state index in [9.17, 15) is 24.3 Å². The number of alkyl carbamates (subject to hydrolysis) is 1. The molecular formula is C25H28N2O7. The molecule has 0 aromatic heterocycles. The van der Waals surface area contributed by atoms with Gasteiger partial charge in [0.2, 0.25) is 5.91 Å². The molecule has 2 aromatic rings. The molecule has 0 heterocycles. The zero-order valence-electron chi connectivity index (χ0n) is 19.1. The van der Waals surface area contributed by atoms with Gasteiger partial charge in [-0.25, -0.2) is 9.59 Å². The average Bonchev–Trinajstić information content (AvgIpc) is 3.16. The Morgan fingerprint density at radius 3 is 2.06 bits per heavy atom. The standard InChI is InChI=1S/C25H28N2O7/c1-3-20(23(29)26-21(24(30)31)12-13-22(28)33-2)27-25(32)34-14-19-17-10-6-4-8-15(17)16-9-5-7-11-18(16)19/h4-11,19-21H,3,12-14H2,1-2H3,(H,26,29)(H,27,32)(H,30,31)/t20-,21+/m0/s1. The number of carbonyl (C=O) groups is 4. The molecule has 0 bridgehead atoms. The normalized spacial score (nSPS) is 13.7. The molecule has 2 aromatic carbocycles. The number of hydrogen-bond donors (Lipinski definition) is 3. The maximum atomic E-state index is 12.6. The van der Waals surface area contributed by atoms with E-state index < -0.39 is 36.0 Å². The third-order valence-electron chi connectivity index (χ3n) is 5.84. The Morgan fingerprint density at radius 2 is 1.53 bits per heavy atom. The largest absolute Gasteiger partial charge is 0.480 e. The van der Waals surface area contributed by atoms with Crippen LogP contribution in [0.2, 0.25) is 0 Å². The van der Waals surface area contributed by atoms with Crippen molar-refractivity contribution < 1.29 is 33.8 Å². The molecule has 0 aliphatic heterocycles. The summed E-state index contributed by atoms with van der Waals surface area (Å²) < 4.78 is 9.96. The molecule has 2 amide bonds. The van der Waals surface area contributed by atoms with Crippen LogP contribution in [-0.2, 0) is 23.9 Å². The number of ether oxygens (including phenoxy) is 2. The van der Waals surface area contributed by atoms with E-state index in [4.69, 9.17) is 4.74 Å². The van der Waals surface area contributed by atoms with Crippen LogP contribution in [0.5, 0.6) is 0 Å². The van der Waals surface area contributed by atoms with Crippen LogP contribution in [0.15, 0.2) is 48.5 Å². The minimum atomic E-state index is -1.29. The van der Waals surface area contributed by atoms with E-state index in [1.54, 1.807) is 6.92 Å². The van der Waals surface area contributed by atoms with E-state index in [-0.39, 0.29) is 31.8 Å². The van der Waals surface area contributed by atoms with Gasteiger partial charge in [0.25, 0.3) is 0 Å². The lowest BCUT2D eigenvalue weighted by Gasteiger charge is -2.21. The van der Waals surface area contributed by atoms with Gasteiger partial charge >= 0.3 is 18.0 Å². The lowest BCUT2D eigenvalue weighted by atomic mass is 9.98. The Bertz CT molecular complexity index is 1020. The first kappa shape index (κ1) is 24.8. The van der Waals surface area contributed by atoms with Crippen LogP contribution in [0.25, 0.3) is 11.1 Å². The summed E-state index contributed by atoms with van der Waals surface area (Å²) in [5.41, 5.74) is 4.33. The van der Waals surface area contributed by atoms with Crippen molar-refractivity contribution in [1.29, 1.82) is 0 Å². The molecule has 0 unspecified atom stereocenters. The van der Waals surface area contributed by atoms with Gasteiger partial charge in [0.15, 0.2) is 0 Å². The van der Waals surface area contributed by atoms with E-state index in [0.717, 1.165) is 22.3 Å². The number of esters is 1. The van der Waals surface area contributed by atoms with Gasteiger partial charge in [-0.2, -0.15) is 0 Å². The topological polar surface area (TPSA) is 131 Å². The van der Waals surface area contributed by atoms with Crippen LogP contribution < -0.4 is 10.6 Å². The van der Waals surface area contributed by atoms with Gasteiger partial charge in [0.1, 0.15) is 18.7 Å². The highest BCUT2D eigenvalue weighted by atomic mass is 16.5. The minimum absolute atomic E-state index is 0.0921. The third-order valence-corrected chi connectivity index (χ3v) is 5.84. The molecule has 0 saturated carbocycles. The number of carboxylic acid groups (broad SMARTS) is 1. The van der Waals surface area contributed by atoms with Crippen LogP contribution in [-0.4, -0.2) is 54.8 Å². The molecule has 9 nitrogen and oxygen atoms in total. The fourth-order valence-corrected chi connectivity index (χ4v) is 4.03. The zero-order valence-corrected chi connectivity index (χ0v) is 19.1. The van der Waals surface area contributed by atoms with Crippen molar-refractivity contribution in [1.82, 2.24) is 10.6 Å². The van der Waals surface area contributed by atoms with Gasteiger partial charge in [-0.05, 0) is 35.1 Å². The predicted octanol–water partition coefficient (Wildman–Crippen LogP) is 2.83. The van der Waals surface area contributed by atoms with Gasteiger partial charge in [-0.3, -0.25) is 9.59 Å². The summed E-state index contributed by atoms with van der Waals surface area (Å²) in [5.74, 6) is -2.66. The fourth-order valence-electron chi connectivity index (χ4n) is 4.03. The molecule has 34 heavy (non-hydrogen) atoms. The number of carbonyl (C=O) groups excluding carboxylic acids is 3. The maximum absolute atomic E-state index is 12.6. The number of amides is 2. The van der Waals surface area contributed by atoms with E-state index in [0.29, 0.717) is 0 Å². The molecule has 1 aliphatic rings. The van der Waals surface area contributed by atoms with Crippen molar-refractivity contribution in [2.75, 3.05) is 13.7 Å². The number of aliphatic carboxylic acids is 1. The Labute approximate surface area is 197 Å². The molecule has 0 fully saturated rings. The maximum Gasteiger partial charge on any atom is 0.407 e. The second-order valence-corrected chi connectivity index (χ2v) is 7.94. The molecule has 180 valence electrons. The summed E-state index contributed by atoms with van der Waals surface area (Å²) in [6.45, 7) is 1.77. The predicted molar refractivity (Wildman–Crippen MR) is 123 cm³/mol. The second kappa shape index (κ2) is 11.3. The molecule has 0 spiro atoms. The smallest absolute Gasteiger partial charge is 0.407 e. The summed E-state index contributed by atoms with van der Waals surface area (Å²) in [6.07, 6.45) is -0.843. The number of carboxylic acids is 1. The third kappa shape index (κ3) is 5.72. The first-order chi connectivity index (χ1) is 16.3. The van der Waals surface area contributed by atoms with Crippen molar-refractivity contribution in [3.63, 3.8) is 0 Å². The van der Waals surface area contributed by atoms with E-state index in [1.807, 2.05) is 48.5 Å². The van der Waals surface area contributed by atoms with Crippen LogP contribution in [0, 0.1) is 0 Å². The molecular weight excluding hydrogens is 440 g/mol. The Morgan fingerprint density at radius 1 is 0.941 bits per heavy atom. The lowest BCUT2D eigenvalue weighted by Crippen LogP contribution is -2.51. The highest BCUT2D eigenvalue weighted by Gasteiger charge is 2.30. The summed E-state index contributed by atoms with van der Waals surface area (Å²) in [7, 11) is 1.20. The first-order valence-corrected chi connectivity index (χ1v) is 11.1. The van der Waals surface area contributed by atoms with E-state index >= 15 is 0 Å². The fraction of sp³-hybridized carbons (Fsp3) is 0.360. The Hall–Kier alpha value is -3.88. The summed E-state index contributed by atoms with van der Waals surface area (Å²) in [5, 5.41) is 14.2. The van der Waals surface area contributed by atoms with Gasteiger partial charge in [-0.15, -0.1) is 0 Å². The second-order valence-electron chi connectivity index (χ2n) is 7.94. The number of rotatable bonds is 10. The molecule has 2 atom stereocenters. The Balaban J connectivity index is 1.58. The van der Waals surface area contributed by atoms with E-state index in [2.05, 4.69) is 15.4 Å². The van der Waals surface area contributed by atoms with Crippen molar-refractivity contribution in [2.45, 2.75) is 44.2 Å². The van der Waals surface area contributed by atoms with Crippen LogP contribution in [0.3, 0.4) is 0 Å². The van der Waals surface area contributed by atoms with Crippen molar-refractivity contribution in [3.05, 3.63) is 59.7 Å². The monoisotopic (exact) mass is 468 g/mol. The summed E-state index contributed by atoms with van der Waals surface area (Å²) >= 11 is 0. The molecule has 1 aliphatic carbocycles. The molecule has 0 radical (unpaired) electrons. The number of benzene rings is 2. The van der Waals surface area contributed by atoms with Gasteiger partial charge in [0.05, 0.1) is 7.11 Å². The number of hydrogen-bond acceptors (Lipinski definition) is 6. The molecule has 3 N–H and O–H groups in total. The van der Waals surface area contributed by atoms with Crippen LogP contribution in [0.1, 0.15) is 43.2 Å². The first-order valence-electron chi connectivity index (χ1n) is 11.1. The summed E-state index contributed by atoms with van der Waals surface area (Å²) in [4.78, 5) is 47.8. The SMILES string of the molecule is CC[C@H](NC(=O)OCC1c2ccccc2-c2ccccc21)C(=O)N[C@H](CCC(=O)OC)C(=O)O. The van der Waals surface area contributed by atoms with Gasteiger partial charge in [-0.1, -0.05) is 55.5 Å². The highest BCUT2D eigenvalue weighted by molar-refractivity contribution is 5.89. The minimum Gasteiger partial charge on any atom is -0.480 e. The quantitative estimate of drug-likeness (QED) is 0.457. The van der Waals surface area contributed by atoms with Crippen molar-refractivity contribution >= 4 is 23.9 Å². The molecule has 9 heteroatoms. The average molecular weight is 469 g/mol. The van der Waals surface area contributed by atoms with Gasteiger partial charge in [0, 0.05) is 12.3 Å². The van der Waals surface area contributed by atoms with E-state index in [1.165, 1.54) is 7.11 Å². The van der Waals surface area contributed by atoms with Crippen molar-refractivity contribution in [3.8, 4) is 11.1 Å². The number of fused-ring (bicyclic) bond motifs is 3. The summed E-state index contributed by atoms with van der Waals surface area (Å²) in [6, 6.07) is 13.6. The highest BCUT2D eigenvalue weighted by Crippen LogP contribution is 2.44. The molecule has 0 saturated heterocycles. The molecule has 3 rings (SSSR count). The van der Waals surface area contributed by atoms with Crippen LogP contribution >= 0.6 is 0 Å². The van der Waals surface area contributed by atoms with Crippen molar-refractivity contribution in [2.24, 2.45) is 0 Å². The zero-order chi connectivity index (χ0) is 24.7. The van der Waals surface area contributed by atoms with Gasteiger partial charge < -0.3 is 25.2 Å². The number of nitrogens with one attached hydrogen (secondary N) is 2.